The zero-order valence-corrected chi connectivity index (χ0v) is 14.1. The van der Waals surface area contributed by atoms with Crippen LogP contribution in [0.5, 0.6) is 11.5 Å². The van der Waals surface area contributed by atoms with Crippen LogP contribution in [0.2, 0.25) is 0 Å². The number of hydrogen-bond acceptors (Lipinski definition) is 7. The van der Waals surface area contributed by atoms with Crippen molar-refractivity contribution in [2.75, 3.05) is 12.8 Å². The fourth-order valence-corrected chi connectivity index (χ4v) is 2.16. The largest absolute Gasteiger partial charge is 0.497 e. The Bertz CT molecular complexity index is 877. The molecular formula is C18H18N4O4. The van der Waals surface area contributed by atoms with Crippen LogP contribution < -0.4 is 20.5 Å². The maximum atomic E-state index is 12.1. The number of nitrogens with one attached hydrogen (secondary N) is 1. The van der Waals surface area contributed by atoms with Crippen molar-refractivity contribution in [3.8, 4) is 11.5 Å². The van der Waals surface area contributed by atoms with E-state index in [9.17, 15) is 4.79 Å². The van der Waals surface area contributed by atoms with Crippen molar-refractivity contribution in [2.45, 2.75) is 13.2 Å². The molecular weight excluding hydrogens is 336 g/mol. The summed E-state index contributed by atoms with van der Waals surface area (Å²) in [7, 11) is 1.60. The zero-order chi connectivity index (χ0) is 18.4. The molecule has 0 saturated heterocycles. The Morgan fingerprint density at radius 1 is 1.23 bits per heavy atom. The highest BCUT2D eigenvalue weighted by Crippen LogP contribution is 2.18. The lowest BCUT2D eigenvalue weighted by Gasteiger charge is -2.05. The fourth-order valence-electron chi connectivity index (χ4n) is 2.16. The summed E-state index contributed by atoms with van der Waals surface area (Å²) in [5.74, 6) is 1.69. The number of carbonyl (C=O) groups excluding carboxylic acids is 1. The number of rotatable bonds is 7. The molecule has 2 aromatic heterocycles. The summed E-state index contributed by atoms with van der Waals surface area (Å²) >= 11 is 0. The molecule has 3 N–H and O–H groups in total. The minimum absolute atomic E-state index is 0.106. The van der Waals surface area contributed by atoms with Crippen LogP contribution in [0.1, 0.15) is 21.9 Å². The summed E-state index contributed by atoms with van der Waals surface area (Å²) < 4.78 is 15.9. The second kappa shape index (κ2) is 8.02. The van der Waals surface area contributed by atoms with E-state index in [0.29, 0.717) is 17.5 Å². The van der Waals surface area contributed by atoms with Gasteiger partial charge in [0.25, 0.3) is 5.91 Å². The monoisotopic (exact) mass is 354 g/mol. The Labute approximate surface area is 150 Å². The Hall–Kier alpha value is -3.55. The van der Waals surface area contributed by atoms with Crippen molar-refractivity contribution in [1.29, 1.82) is 0 Å². The Morgan fingerprint density at radius 3 is 2.73 bits per heavy atom. The predicted octanol–water partition coefficient (Wildman–Crippen LogP) is 2.17. The molecule has 0 unspecified atom stereocenters. The van der Waals surface area contributed by atoms with E-state index in [1.807, 2.05) is 0 Å². The molecule has 0 spiro atoms. The lowest BCUT2D eigenvalue weighted by molar-refractivity contribution is 0.0946. The summed E-state index contributed by atoms with van der Waals surface area (Å²) in [5, 5.41) is 2.72. The summed E-state index contributed by atoms with van der Waals surface area (Å²) in [6.45, 7) is 0.359. The maximum Gasteiger partial charge on any atom is 0.273 e. The average Bonchev–Trinajstić information content (AvgIpc) is 3.15. The SMILES string of the molecule is COc1ccc(OCc2nc(C(=O)NCc3cccnc3N)co2)cc1. The van der Waals surface area contributed by atoms with E-state index < -0.39 is 0 Å². The number of anilines is 1. The highest BCUT2D eigenvalue weighted by molar-refractivity contribution is 5.91. The summed E-state index contributed by atoms with van der Waals surface area (Å²) in [5.41, 5.74) is 6.64. The Balaban J connectivity index is 1.53. The van der Waals surface area contributed by atoms with E-state index >= 15 is 0 Å². The average molecular weight is 354 g/mol. The third kappa shape index (κ3) is 4.29. The number of methoxy groups -OCH3 is 1. The number of pyridine rings is 1. The van der Waals surface area contributed by atoms with Crippen molar-refractivity contribution in [2.24, 2.45) is 0 Å². The molecule has 26 heavy (non-hydrogen) atoms. The first-order valence-electron chi connectivity index (χ1n) is 7.84. The Kier molecular flexibility index (Phi) is 5.33. The number of hydrogen-bond donors (Lipinski definition) is 2. The highest BCUT2D eigenvalue weighted by atomic mass is 16.5. The third-order valence-corrected chi connectivity index (χ3v) is 3.57. The molecule has 0 aliphatic rings. The molecule has 3 aromatic rings. The molecule has 1 aromatic carbocycles. The molecule has 0 aliphatic heterocycles. The van der Waals surface area contributed by atoms with E-state index in [4.69, 9.17) is 19.6 Å². The normalized spacial score (nSPS) is 10.3. The fraction of sp³-hybridized carbons (Fsp3) is 0.167. The maximum absolute atomic E-state index is 12.1. The van der Waals surface area contributed by atoms with Gasteiger partial charge in [0.05, 0.1) is 7.11 Å². The van der Waals surface area contributed by atoms with Crippen molar-refractivity contribution in [1.82, 2.24) is 15.3 Å². The minimum Gasteiger partial charge on any atom is -0.497 e. The van der Waals surface area contributed by atoms with Crippen molar-refractivity contribution >= 4 is 11.7 Å². The number of nitrogens with two attached hydrogens (primary N) is 1. The lowest BCUT2D eigenvalue weighted by Crippen LogP contribution is -2.23. The quantitative estimate of drug-likeness (QED) is 0.668. The molecule has 1 amide bonds. The standard InChI is InChI=1S/C18H18N4O4/c1-24-13-4-6-14(7-5-13)25-11-16-22-15(10-26-16)18(23)21-9-12-3-2-8-20-17(12)19/h2-8,10H,9,11H2,1H3,(H2,19,20)(H,21,23). The van der Waals surface area contributed by atoms with Crippen molar-refractivity contribution in [3.63, 3.8) is 0 Å². The molecule has 134 valence electrons. The first-order valence-corrected chi connectivity index (χ1v) is 7.84. The van der Waals surface area contributed by atoms with Crippen LogP contribution in [0.4, 0.5) is 5.82 Å². The van der Waals surface area contributed by atoms with E-state index in [1.54, 1.807) is 49.7 Å². The molecule has 0 bridgehead atoms. The van der Waals surface area contributed by atoms with Gasteiger partial charge >= 0.3 is 0 Å². The van der Waals surface area contributed by atoms with Gasteiger partial charge in [0.1, 0.15) is 23.6 Å². The van der Waals surface area contributed by atoms with E-state index in [0.717, 1.165) is 11.3 Å². The van der Waals surface area contributed by atoms with Gasteiger partial charge in [0, 0.05) is 18.3 Å². The third-order valence-electron chi connectivity index (χ3n) is 3.57. The molecule has 8 nitrogen and oxygen atoms in total. The topological polar surface area (TPSA) is 112 Å². The van der Waals surface area contributed by atoms with Gasteiger partial charge in [-0.25, -0.2) is 9.97 Å². The summed E-state index contributed by atoms with van der Waals surface area (Å²) in [6, 6.07) is 10.7. The number of ether oxygens (including phenoxy) is 2. The number of oxazole rings is 1. The van der Waals surface area contributed by atoms with Gasteiger partial charge in [-0.3, -0.25) is 4.79 Å². The lowest BCUT2D eigenvalue weighted by atomic mass is 10.2. The van der Waals surface area contributed by atoms with Crippen LogP contribution in [-0.4, -0.2) is 23.0 Å². The second-order valence-electron chi connectivity index (χ2n) is 5.32. The van der Waals surface area contributed by atoms with Crippen molar-refractivity contribution in [3.05, 3.63) is 66.0 Å². The van der Waals surface area contributed by atoms with E-state index in [-0.39, 0.29) is 24.8 Å². The van der Waals surface area contributed by atoms with Gasteiger partial charge in [-0.1, -0.05) is 6.07 Å². The second-order valence-corrected chi connectivity index (χ2v) is 5.32. The predicted molar refractivity (Wildman–Crippen MR) is 93.6 cm³/mol. The van der Waals surface area contributed by atoms with Crippen LogP contribution >= 0.6 is 0 Å². The van der Waals surface area contributed by atoms with E-state index in [1.165, 1.54) is 6.26 Å². The number of nitrogen functional groups attached to an aromatic ring is 1. The van der Waals surface area contributed by atoms with Gasteiger partial charge in [-0.2, -0.15) is 0 Å². The smallest absolute Gasteiger partial charge is 0.273 e. The van der Waals surface area contributed by atoms with Gasteiger partial charge in [0.2, 0.25) is 5.89 Å². The zero-order valence-electron chi connectivity index (χ0n) is 14.1. The first-order chi connectivity index (χ1) is 12.7. The molecule has 0 radical (unpaired) electrons. The van der Waals surface area contributed by atoms with Crippen LogP contribution in [-0.2, 0) is 13.2 Å². The summed E-state index contributed by atoms with van der Waals surface area (Å²) in [6.07, 6.45) is 2.88. The Morgan fingerprint density at radius 2 is 2.00 bits per heavy atom. The number of carbonyl (C=O) groups is 1. The number of benzene rings is 1. The molecule has 0 atom stereocenters. The number of nitrogens with zero attached hydrogens (tertiary/aromatic N) is 2. The van der Waals surface area contributed by atoms with Gasteiger partial charge < -0.3 is 24.9 Å². The molecule has 0 fully saturated rings. The van der Waals surface area contributed by atoms with Crippen LogP contribution in [0, 0.1) is 0 Å². The first kappa shape index (κ1) is 17.3. The van der Waals surface area contributed by atoms with E-state index in [2.05, 4.69) is 15.3 Å². The molecule has 0 aliphatic carbocycles. The number of amides is 1. The minimum atomic E-state index is -0.368. The number of aromatic nitrogens is 2. The molecule has 3 rings (SSSR count). The van der Waals surface area contributed by atoms with Crippen molar-refractivity contribution < 1.29 is 18.7 Å². The van der Waals surface area contributed by atoms with Gasteiger partial charge in [-0.15, -0.1) is 0 Å². The molecule has 0 saturated carbocycles. The summed E-state index contributed by atoms with van der Waals surface area (Å²) in [4.78, 5) is 20.2. The van der Waals surface area contributed by atoms with Crippen LogP contribution in [0.15, 0.2) is 53.3 Å². The van der Waals surface area contributed by atoms with Crippen LogP contribution in [0.25, 0.3) is 0 Å². The van der Waals surface area contributed by atoms with Crippen LogP contribution in [0.3, 0.4) is 0 Å². The van der Waals surface area contributed by atoms with Gasteiger partial charge in [-0.05, 0) is 30.3 Å². The van der Waals surface area contributed by atoms with Gasteiger partial charge in [0.15, 0.2) is 12.3 Å². The molecule has 2 heterocycles. The highest BCUT2D eigenvalue weighted by Gasteiger charge is 2.13. The molecule has 8 heteroatoms.